The van der Waals surface area contributed by atoms with Crippen molar-refractivity contribution in [3.63, 3.8) is 0 Å². The first kappa shape index (κ1) is 22.0. The molecule has 0 aliphatic heterocycles. The van der Waals surface area contributed by atoms with E-state index in [0.717, 1.165) is 34.8 Å². The maximum absolute atomic E-state index is 12.6. The van der Waals surface area contributed by atoms with Gasteiger partial charge in [0.25, 0.3) is 0 Å². The lowest BCUT2D eigenvalue weighted by molar-refractivity contribution is -0.113. The van der Waals surface area contributed by atoms with Crippen molar-refractivity contribution >= 4 is 40.0 Å². The molecule has 0 unspecified atom stereocenters. The van der Waals surface area contributed by atoms with Gasteiger partial charge in [0, 0.05) is 23.4 Å². The molecule has 0 atom stereocenters. The number of aromatic nitrogens is 3. The van der Waals surface area contributed by atoms with Gasteiger partial charge in [-0.2, -0.15) is 0 Å². The zero-order valence-electron chi connectivity index (χ0n) is 17.4. The molecule has 9 heteroatoms. The maximum atomic E-state index is 12.6. The summed E-state index contributed by atoms with van der Waals surface area (Å²) in [5.41, 5.74) is 2.08. The Balaban J connectivity index is 1.82. The highest BCUT2D eigenvalue weighted by molar-refractivity contribution is 7.99. The smallest absolute Gasteiger partial charge is 0.341 e. The van der Waals surface area contributed by atoms with Gasteiger partial charge in [0.2, 0.25) is 5.91 Å². The van der Waals surface area contributed by atoms with E-state index in [9.17, 15) is 9.59 Å². The third kappa shape index (κ3) is 4.57. The molecule has 0 aliphatic carbocycles. The topological polar surface area (TPSA) is 86.1 Å². The molecule has 7 nitrogen and oxygen atoms in total. The number of hydrogen-bond donors (Lipinski definition) is 1. The maximum Gasteiger partial charge on any atom is 0.341 e. The minimum atomic E-state index is -0.473. The normalized spacial score (nSPS) is 10.8. The van der Waals surface area contributed by atoms with Crippen LogP contribution in [-0.4, -0.2) is 39.5 Å². The number of aryl methyl sites for hydroxylation is 2. The van der Waals surface area contributed by atoms with Crippen molar-refractivity contribution in [2.24, 2.45) is 0 Å². The zero-order chi connectivity index (χ0) is 21.7. The minimum Gasteiger partial charge on any atom is -0.465 e. The molecule has 3 aromatic rings. The molecule has 158 valence electrons. The number of carbonyl (C=O) groups is 2. The predicted molar refractivity (Wildman–Crippen MR) is 120 cm³/mol. The van der Waals surface area contributed by atoms with Crippen LogP contribution >= 0.6 is 23.1 Å². The molecule has 2 heterocycles. The number of thiophene rings is 1. The molecule has 1 N–H and O–H groups in total. The lowest BCUT2D eigenvalue weighted by atomic mass is 10.0. The molecule has 1 aromatic carbocycles. The predicted octanol–water partition coefficient (Wildman–Crippen LogP) is 4.41. The van der Waals surface area contributed by atoms with Gasteiger partial charge in [0.1, 0.15) is 16.4 Å². The van der Waals surface area contributed by atoms with Crippen LogP contribution in [0.5, 0.6) is 0 Å². The molecule has 2 aromatic heterocycles. The van der Waals surface area contributed by atoms with Crippen LogP contribution in [0.25, 0.3) is 11.1 Å². The summed E-state index contributed by atoms with van der Waals surface area (Å²) >= 11 is 2.70. The van der Waals surface area contributed by atoms with Crippen molar-refractivity contribution in [2.75, 3.05) is 18.2 Å². The minimum absolute atomic E-state index is 0.167. The number of hydrogen-bond acceptors (Lipinski definition) is 7. The Morgan fingerprint density at radius 1 is 1.20 bits per heavy atom. The quantitative estimate of drug-likeness (QED) is 0.409. The summed E-state index contributed by atoms with van der Waals surface area (Å²) in [5.74, 6) is 0.379. The van der Waals surface area contributed by atoms with E-state index in [1.807, 2.05) is 55.7 Å². The molecule has 30 heavy (non-hydrogen) atoms. The number of ether oxygens (including phenoxy) is 1. The van der Waals surface area contributed by atoms with Gasteiger partial charge in [-0.3, -0.25) is 4.79 Å². The zero-order valence-corrected chi connectivity index (χ0v) is 19.0. The van der Waals surface area contributed by atoms with Crippen molar-refractivity contribution in [2.45, 2.75) is 38.9 Å². The van der Waals surface area contributed by atoms with Crippen LogP contribution in [0.15, 0.2) is 35.5 Å². The number of carbonyl (C=O) groups excluding carboxylic acids is 2. The van der Waals surface area contributed by atoms with E-state index in [4.69, 9.17) is 4.74 Å². The van der Waals surface area contributed by atoms with Crippen LogP contribution in [0.3, 0.4) is 0 Å². The Hall–Kier alpha value is -2.65. The summed E-state index contributed by atoms with van der Waals surface area (Å²) in [5, 5.41) is 12.4. The van der Waals surface area contributed by atoms with Crippen molar-refractivity contribution in [1.29, 1.82) is 0 Å². The van der Waals surface area contributed by atoms with E-state index in [1.54, 1.807) is 0 Å². The Kier molecular flexibility index (Phi) is 7.28. The summed E-state index contributed by atoms with van der Waals surface area (Å²) in [6.45, 7) is 6.72. The largest absolute Gasteiger partial charge is 0.465 e. The summed E-state index contributed by atoms with van der Waals surface area (Å²) in [6, 6.07) is 9.62. The van der Waals surface area contributed by atoms with Crippen LogP contribution in [0, 0.1) is 6.92 Å². The second-order valence-corrected chi connectivity index (χ2v) is 8.60. The number of anilines is 1. The van der Waals surface area contributed by atoms with Crippen molar-refractivity contribution in [3.8, 4) is 11.1 Å². The number of esters is 1. The Labute approximate surface area is 183 Å². The summed E-state index contributed by atoms with van der Waals surface area (Å²) in [4.78, 5) is 26.1. The molecule has 0 saturated carbocycles. The number of thioether (sulfide) groups is 1. The molecule has 0 aliphatic rings. The summed E-state index contributed by atoms with van der Waals surface area (Å²) in [7, 11) is 1.34. The van der Waals surface area contributed by atoms with E-state index < -0.39 is 5.97 Å². The van der Waals surface area contributed by atoms with Gasteiger partial charge in [0.05, 0.1) is 12.9 Å². The fraction of sp³-hybridized carbons (Fsp3) is 0.333. The second kappa shape index (κ2) is 9.90. The molecule has 1 amide bonds. The Morgan fingerprint density at radius 2 is 1.93 bits per heavy atom. The average molecular weight is 445 g/mol. The third-order valence-corrected chi connectivity index (χ3v) is 6.53. The van der Waals surface area contributed by atoms with Crippen LogP contribution in [0.4, 0.5) is 5.00 Å². The van der Waals surface area contributed by atoms with E-state index in [0.29, 0.717) is 15.7 Å². The third-order valence-electron chi connectivity index (χ3n) is 4.55. The number of rotatable bonds is 8. The molecule has 0 fully saturated rings. The molecule has 0 radical (unpaired) electrons. The summed E-state index contributed by atoms with van der Waals surface area (Å²) in [6.07, 6.45) is 0.785. The number of methoxy groups -OCH3 is 1. The first-order valence-corrected chi connectivity index (χ1v) is 11.4. The van der Waals surface area contributed by atoms with Gasteiger partial charge in [-0.05, 0) is 19.4 Å². The van der Waals surface area contributed by atoms with Crippen molar-refractivity contribution < 1.29 is 14.3 Å². The fourth-order valence-electron chi connectivity index (χ4n) is 3.18. The first-order valence-electron chi connectivity index (χ1n) is 9.61. The number of nitrogens with zero attached hydrogens (tertiary/aromatic N) is 3. The molecule has 0 spiro atoms. The number of benzene rings is 1. The van der Waals surface area contributed by atoms with Gasteiger partial charge >= 0.3 is 5.97 Å². The summed E-state index contributed by atoms with van der Waals surface area (Å²) < 4.78 is 7.00. The highest BCUT2D eigenvalue weighted by Crippen LogP contribution is 2.40. The van der Waals surface area contributed by atoms with E-state index in [2.05, 4.69) is 15.5 Å². The Bertz CT molecular complexity index is 1040. The van der Waals surface area contributed by atoms with Gasteiger partial charge in [-0.15, -0.1) is 21.5 Å². The average Bonchev–Trinajstić information content (AvgIpc) is 3.31. The first-order chi connectivity index (χ1) is 14.5. The van der Waals surface area contributed by atoms with Crippen LogP contribution in [0.1, 0.15) is 34.9 Å². The van der Waals surface area contributed by atoms with E-state index in [1.165, 1.54) is 30.2 Å². The SMILES string of the molecule is CCc1nnc(SCC(=O)Nc2sc(C)c(-c3ccccc3)c2C(=O)OC)n1CC. The molecular weight excluding hydrogens is 420 g/mol. The standard InChI is InChI=1S/C21H24N4O3S2/c1-5-15-23-24-21(25(15)6-2)29-12-16(26)22-19-18(20(27)28-4)17(13(3)30-19)14-10-8-7-9-11-14/h7-11H,5-6,12H2,1-4H3,(H,22,26). The molecule has 0 bridgehead atoms. The van der Waals surface area contributed by atoms with Crippen LogP contribution in [0.2, 0.25) is 0 Å². The van der Waals surface area contributed by atoms with Crippen LogP contribution in [-0.2, 0) is 22.5 Å². The Morgan fingerprint density at radius 3 is 2.57 bits per heavy atom. The molecule has 3 rings (SSSR count). The van der Waals surface area contributed by atoms with Gasteiger partial charge < -0.3 is 14.6 Å². The lowest BCUT2D eigenvalue weighted by Gasteiger charge is -2.08. The molecular formula is C21H24N4O3S2. The van der Waals surface area contributed by atoms with Crippen molar-refractivity contribution in [1.82, 2.24) is 14.8 Å². The monoisotopic (exact) mass is 444 g/mol. The highest BCUT2D eigenvalue weighted by Gasteiger charge is 2.25. The van der Waals surface area contributed by atoms with E-state index in [-0.39, 0.29) is 11.7 Å². The van der Waals surface area contributed by atoms with Gasteiger partial charge in [0.15, 0.2) is 5.16 Å². The lowest BCUT2D eigenvalue weighted by Crippen LogP contribution is -2.16. The van der Waals surface area contributed by atoms with Crippen LogP contribution < -0.4 is 5.32 Å². The highest BCUT2D eigenvalue weighted by atomic mass is 32.2. The fourth-order valence-corrected chi connectivity index (χ4v) is 5.08. The number of amides is 1. The molecule has 0 saturated heterocycles. The number of nitrogens with one attached hydrogen (secondary N) is 1. The second-order valence-electron chi connectivity index (χ2n) is 6.43. The van der Waals surface area contributed by atoms with E-state index >= 15 is 0 Å². The van der Waals surface area contributed by atoms with Crippen molar-refractivity contribution in [3.05, 3.63) is 46.6 Å². The van der Waals surface area contributed by atoms with Gasteiger partial charge in [-0.1, -0.05) is 49.0 Å². The van der Waals surface area contributed by atoms with Gasteiger partial charge in [-0.25, -0.2) is 4.79 Å².